The molecule has 0 unspecified atom stereocenters. The zero-order valence-corrected chi connectivity index (χ0v) is 14.0. The molecule has 0 spiro atoms. The molecular weight excluding hydrogens is 318 g/mol. The van der Waals surface area contributed by atoms with Crippen molar-refractivity contribution in [2.45, 2.75) is 0 Å². The first-order valence-corrected chi connectivity index (χ1v) is 7.74. The van der Waals surface area contributed by atoms with Gasteiger partial charge in [0, 0.05) is 0 Å². The molecular formula is C18H17Cl2P. The van der Waals surface area contributed by atoms with Crippen molar-refractivity contribution in [2.75, 3.05) is 0 Å². The molecule has 0 fully saturated rings. The molecule has 0 saturated carbocycles. The maximum absolute atomic E-state index is 2.23. The van der Waals surface area contributed by atoms with Crippen LogP contribution in [0.4, 0.5) is 0 Å². The molecule has 0 amide bonds. The minimum Gasteiger partial charge on any atom is -0.147 e. The molecule has 0 aromatic heterocycles. The lowest BCUT2D eigenvalue weighted by molar-refractivity contribution is 1.74. The molecule has 3 rings (SSSR count). The van der Waals surface area contributed by atoms with Crippen molar-refractivity contribution in [1.29, 1.82) is 0 Å². The lowest BCUT2D eigenvalue weighted by atomic mass is 10.4. The van der Waals surface area contributed by atoms with E-state index in [4.69, 9.17) is 0 Å². The summed E-state index contributed by atoms with van der Waals surface area (Å²) in [6.07, 6.45) is 0. The van der Waals surface area contributed by atoms with Crippen LogP contribution in [-0.2, 0) is 0 Å². The van der Waals surface area contributed by atoms with Crippen molar-refractivity contribution >= 4 is 48.6 Å². The Balaban J connectivity index is 0.00000110. The summed E-state index contributed by atoms with van der Waals surface area (Å²) < 4.78 is 0. The van der Waals surface area contributed by atoms with Gasteiger partial charge in [-0.1, -0.05) is 91.0 Å². The molecule has 21 heavy (non-hydrogen) atoms. The van der Waals surface area contributed by atoms with Crippen LogP contribution in [0, 0.1) is 0 Å². The minimum atomic E-state index is -0.446. The van der Waals surface area contributed by atoms with Crippen LogP contribution in [0.2, 0.25) is 0 Å². The number of rotatable bonds is 3. The van der Waals surface area contributed by atoms with Crippen molar-refractivity contribution in [2.24, 2.45) is 0 Å². The topological polar surface area (TPSA) is 0 Å². The fourth-order valence-corrected chi connectivity index (χ4v) is 4.48. The Kier molecular flexibility index (Phi) is 7.47. The smallest absolute Gasteiger partial charge is 0.0134 e. The molecule has 108 valence electrons. The molecule has 0 saturated heterocycles. The molecule has 0 bridgehead atoms. The van der Waals surface area contributed by atoms with Gasteiger partial charge in [0.2, 0.25) is 0 Å². The summed E-state index contributed by atoms with van der Waals surface area (Å²) >= 11 is 0. The second-order valence-electron chi connectivity index (χ2n) is 4.34. The highest BCUT2D eigenvalue weighted by molar-refractivity contribution is 7.79. The van der Waals surface area contributed by atoms with Crippen molar-refractivity contribution < 1.29 is 0 Å². The largest absolute Gasteiger partial charge is 0.147 e. The zero-order chi connectivity index (χ0) is 12.9. The molecule has 3 aromatic rings. The van der Waals surface area contributed by atoms with Gasteiger partial charge in [-0.15, -0.1) is 24.8 Å². The second kappa shape index (κ2) is 8.85. The number of benzene rings is 3. The van der Waals surface area contributed by atoms with Crippen LogP contribution in [0.15, 0.2) is 91.0 Å². The van der Waals surface area contributed by atoms with Crippen molar-refractivity contribution in [3.8, 4) is 0 Å². The van der Waals surface area contributed by atoms with Crippen LogP contribution in [0.25, 0.3) is 0 Å². The van der Waals surface area contributed by atoms with E-state index in [1.165, 1.54) is 15.9 Å². The van der Waals surface area contributed by atoms with E-state index < -0.39 is 7.92 Å². The predicted molar refractivity (Wildman–Crippen MR) is 99.6 cm³/mol. The number of hydrogen-bond acceptors (Lipinski definition) is 0. The summed E-state index contributed by atoms with van der Waals surface area (Å²) in [7, 11) is -0.446. The third-order valence-corrected chi connectivity index (χ3v) is 5.49. The van der Waals surface area contributed by atoms with Crippen LogP contribution in [0.3, 0.4) is 0 Å². The first-order valence-electron chi connectivity index (χ1n) is 6.40. The Morgan fingerprint density at radius 2 is 0.619 bits per heavy atom. The van der Waals surface area contributed by atoms with E-state index in [2.05, 4.69) is 91.0 Å². The van der Waals surface area contributed by atoms with Gasteiger partial charge in [-0.05, 0) is 23.8 Å². The highest BCUT2D eigenvalue weighted by Crippen LogP contribution is 2.32. The maximum atomic E-state index is 2.23. The van der Waals surface area contributed by atoms with Gasteiger partial charge in [-0.25, -0.2) is 0 Å². The van der Waals surface area contributed by atoms with Gasteiger partial charge in [0.1, 0.15) is 0 Å². The van der Waals surface area contributed by atoms with E-state index in [1.807, 2.05) is 0 Å². The van der Waals surface area contributed by atoms with Crippen LogP contribution in [-0.4, -0.2) is 0 Å². The Labute approximate surface area is 139 Å². The Bertz CT molecular complexity index is 533. The SMILES string of the molecule is Cl.Cl.c1ccc(P(c2ccccc2)c2ccccc2)cc1. The summed E-state index contributed by atoms with van der Waals surface area (Å²) in [6.45, 7) is 0. The highest BCUT2D eigenvalue weighted by Gasteiger charge is 2.14. The van der Waals surface area contributed by atoms with Crippen LogP contribution in [0.5, 0.6) is 0 Å². The van der Waals surface area contributed by atoms with E-state index in [1.54, 1.807) is 0 Å². The fourth-order valence-electron chi connectivity index (χ4n) is 2.18. The summed E-state index contributed by atoms with van der Waals surface area (Å²) in [5.41, 5.74) is 0. The Morgan fingerprint density at radius 3 is 0.857 bits per heavy atom. The standard InChI is InChI=1S/C18H15P.2ClH/c1-4-10-16(11-5-1)19(17-12-6-2-7-13-17)18-14-8-3-9-15-18;;/h1-15H;2*1H. The van der Waals surface area contributed by atoms with Gasteiger partial charge in [0.25, 0.3) is 0 Å². The predicted octanol–water partition coefficient (Wildman–Crippen LogP) is 4.29. The van der Waals surface area contributed by atoms with E-state index in [9.17, 15) is 0 Å². The molecule has 0 aliphatic rings. The van der Waals surface area contributed by atoms with Crippen molar-refractivity contribution in [3.63, 3.8) is 0 Å². The van der Waals surface area contributed by atoms with Gasteiger partial charge in [0.15, 0.2) is 0 Å². The molecule has 3 heteroatoms. The summed E-state index contributed by atoms with van der Waals surface area (Å²) in [6, 6.07) is 32.3. The van der Waals surface area contributed by atoms with E-state index in [0.29, 0.717) is 0 Å². The summed E-state index contributed by atoms with van der Waals surface area (Å²) in [4.78, 5) is 0. The van der Waals surface area contributed by atoms with Crippen LogP contribution < -0.4 is 15.9 Å². The van der Waals surface area contributed by atoms with Gasteiger partial charge >= 0.3 is 0 Å². The van der Waals surface area contributed by atoms with E-state index >= 15 is 0 Å². The minimum absolute atomic E-state index is 0. The third kappa shape index (κ3) is 4.32. The van der Waals surface area contributed by atoms with E-state index in [0.717, 1.165) is 0 Å². The number of hydrogen-bond donors (Lipinski definition) is 0. The quantitative estimate of drug-likeness (QED) is 0.627. The monoisotopic (exact) mass is 334 g/mol. The van der Waals surface area contributed by atoms with Gasteiger partial charge in [0.05, 0.1) is 0 Å². The van der Waals surface area contributed by atoms with Gasteiger partial charge in [-0.2, -0.15) is 0 Å². The fraction of sp³-hybridized carbons (Fsp3) is 0. The van der Waals surface area contributed by atoms with Gasteiger partial charge < -0.3 is 0 Å². The average molecular weight is 335 g/mol. The molecule has 3 aromatic carbocycles. The van der Waals surface area contributed by atoms with E-state index in [-0.39, 0.29) is 24.8 Å². The molecule has 0 atom stereocenters. The molecule has 0 radical (unpaired) electrons. The molecule has 0 N–H and O–H groups in total. The van der Waals surface area contributed by atoms with Crippen LogP contribution >= 0.6 is 32.7 Å². The molecule has 0 aliphatic heterocycles. The van der Waals surface area contributed by atoms with Gasteiger partial charge in [-0.3, -0.25) is 0 Å². The molecule has 0 heterocycles. The first kappa shape index (κ1) is 17.7. The molecule has 0 aliphatic carbocycles. The van der Waals surface area contributed by atoms with Crippen molar-refractivity contribution in [3.05, 3.63) is 91.0 Å². The third-order valence-electron chi connectivity index (χ3n) is 3.04. The second-order valence-corrected chi connectivity index (χ2v) is 6.56. The zero-order valence-electron chi connectivity index (χ0n) is 11.4. The van der Waals surface area contributed by atoms with Crippen LogP contribution in [0.1, 0.15) is 0 Å². The maximum Gasteiger partial charge on any atom is -0.0134 e. The highest BCUT2D eigenvalue weighted by atomic mass is 35.5. The summed E-state index contributed by atoms with van der Waals surface area (Å²) in [5, 5.41) is 4.19. The lowest BCUT2D eigenvalue weighted by Crippen LogP contribution is -2.20. The first-order chi connectivity index (χ1) is 9.45. The Hall–Kier alpha value is -1.33. The van der Waals surface area contributed by atoms with Crippen molar-refractivity contribution in [1.82, 2.24) is 0 Å². The summed E-state index contributed by atoms with van der Waals surface area (Å²) in [5.74, 6) is 0. The normalized spacial score (nSPS) is 9.57. The Morgan fingerprint density at radius 1 is 0.381 bits per heavy atom. The number of halogens is 2. The average Bonchev–Trinajstić information content (AvgIpc) is 2.51. The lowest BCUT2D eigenvalue weighted by Gasteiger charge is -2.18. The molecule has 0 nitrogen and oxygen atoms in total.